The summed E-state index contributed by atoms with van der Waals surface area (Å²) in [6, 6.07) is 6.46. The molecule has 0 spiro atoms. The van der Waals surface area contributed by atoms with Gasteiger partial charge in [0.1, 0.15) is 28.4 Å². The number of carbonyl (C=O) groups excluding carboxylic acids is 5. The van der Waals surface area contributed by atoms with Crippen LogP contribution in [0.3, 0.4) is 0 Å². The number of nitrogens with two attached hydrogens (primary N) is 1. The van der Waals surface area contributed by atoms with Crippen LogP contribution >= 0.6 is 0 Å². The zero-order chi connectivity index (χ0) is 31.1. The fourth-order valence-corrected chi connectivity index (χ4v) is 2.16. The molecule has 3 N–H and O–H groups in total. The third kappa shape index (κ3) is 20.1. The monoisotopic (exact) mass is 578 g/mol. The fourth-order valence-electron chi connectivity index (χ4n) is 2.16. The first kappa shape index (κ1) is 38.6. The van der Waals surface area contributed by atoms with Gasteiger partial charge in [0.25, 0.3) is 0 Å². The molecule has 0 bridgehead atoms. The van der Waals surface area contributed by atoms with Crippen molar-refractivity contribution in [2.24, 2.45) is 0 Å². The molecule has 0 unspecified atom stereocenters. The number of hydrogen-bond acceptors (Lipinski definition) is 12. The van der Waals surface area contributed by atoms with Crippen LogP contribution in [-0.4, -0.2) is 57.7 Å². The number of nitrogens with zero attached hydrogens (tertiary/aromatic N) is 2. The molecule has 0 radical (unpaired) electrons. The maximum atomic E-state index is 11.4. The van der Waals surface area contributed by atoms with Crippen LogP contribution in [0.1, 0.15) is 90.5 Å². The van der Waals surface area contributed by atoms with Crippen LogP contribution in [0.4, 0.5) is 26.0 Å². The van der Waals surface area contributed by atoms with Crippen LogP contribution in [0, 0.1) is 0 Å². The Labute approximate surface area is 241 Å². The largest absolute Gasteiger partial charge is 0.519 e. The fraction of sp³-hybridized carbons (Fsp3) is 0.464. The molecule has 2 rings (SSSR count). The van der Waals surface area contributed by atoms with Crippen LogP contribution in [-0.2, 0) is 18.9 Å². The molecule has 0 saturated heterocycles. The molecular weight excluding hydrogens is 536 g/mol. The molecule has 0 aliphatic rings. The highest BCUT2D eigenvalue weighted by atomic mass is 16.8. The topological polar surface area (TPSA) is 186 Å². The van der Waals surface area contributed by atoms with E-state index in [-0.39, 0.29) is 19.1 Å². The SMILES string of the molecule is C.CC(C)(C)OC(=O)Nc1ncccc1C=O.CC(C)(C)OC(=O)OC(=O)OC(C)(C)C.Nc1ncccc1C=O. The van der Waals surface area contributed by atoms with Crippen molar-refractivity contribution >= 4 is 42.6 Å². The maximum absolute atomic E-state index is 11.4. The lowest BCUT2D eigenvalue weighted by molar-refractivity contribution is -0.0294. The molecule has 2 aromatic heterocycles. The maximum Gasteiger partial charge on any atom is 0.519 e. The van der Waals surface area contributed by atoms with Crippen LogP contribution in [0.15, 0.2) is 36.7 Å². The number of aromatic nitrogens is 2. The van der Waals surface area contributed by atoms with Crippen molar-refractivity contribution in [2.45, 2.75) is 86.5 Å². The Bertz CT molecular complexity index is 1120. The first-order valence-corrected chi connectivity index (χ1v) is 12.0. The van der Waals surface area contributed by atoms with E-state index in [0.29, 0.717) is 23.7 Å². The van der Waals surface area contributed by atoms with E-state index in [4.69, 9.17) is 19.9 Å². The van der Waals surface area contributed by atoms with Gasteiger partial charge in [0.15, 0.2) is 12.6 Å². The summed E-state index contributed by atoms with van der Waals surface area (Å²) in [6.07, 6.45) is 1.59. The zero-order valence-electron chi connectivity index (χ0n) is 24.3. The Kier molecular flexibility index (Phi) is 16.2. The molecule has 0 fully saturated rings. The molecule has 0 aliphatic heterocycles. The van der Waals surface area contributed by atoms with Gasteiger partial charge in [0.2, 0.25) is 0 Å². The Morgan fingerprint density at radius 3 is 1.51 bits per heavy atom. The second kappa shape index (κ2) is 17.2. The normalized spacial score (nSPS) is 10.5. The number of aldehydes is 2. The third-order valence-electron chi connectivity index (χ3n) is 3.53. The van der Waals surface area contributed by atoms with Gasteiger partial charge in [-0.05, 0) is 86.6 Å². The summed E-state index contributed by atoms with van der Waals surface area (Å²) in [7, 11) is 0. The van der Waals surface area contributed by atoms with E-state index >= 15 is 0 Å². The van der Waals surface area contributed by atoms with Crippen LogP contribution in [0.25, 0.3) is 0 Å². The van der Waals surface area contributed by atoms with E-state index in [1.54, 1.807) is 92.8 Å². The van der Waals surface area contributed by atoms with Gasteiger partial charge in [-0.1, -0.05) is 7.43 Å². The molecular formula is C28H42N4O9. The van der Waals surface area contributed by atoms with E-state index in [0.717, 1.165) is 0 Å². The average Bonchev–Trinajstić information content (AvgIpc) is 2.76. The van der Waals surface area contributed by atoms with Crippen molar-refractivity contribution < 1.29 is 42.9 Å². The van der Waals surface area contributed by atoms with Crippen molar-refractivity contribution in [1.82, 2.24) is 9.97 Å². The van der Waals surface area contributed by atoms with Crippen molar-refractivity contribution in [3.63, 3.8) is 0 Å². The molecule has 0 atom stereocenters. The Morgan fingerprint density at radius 2 is 1.15 bits per heavy atom. The quantitative estimate of drug-likeness (QED) is 0.181. The number of ether oxygens (including phenoxy) is 4. The lowest BCUT2D eigenvalue weighted by Crippen LogP contribution is -2.29. The van der Waals surface area contributed by atoms with Crippen LogP contribution in [0.5, 0.6) is 0 Å². The second-order valence-electron chi connectivity index (χ2n) is 10.8. The van der Waals surface area contributed by atoms with Crippen LogP contribution in [0.2, 0.25) is 0 Å². The van der Waals surface area contributed by atoms with Gasteiger partial charge >= 0.3 is 18.4 Å². The molecule has 13 heteroatoms. The lowest BCUT2D eigenvalue weighted by Gasteiger charge is -2.20. The summed E-state index contributed by atoms with van der Waals surface area (Å²) in [5.41, 5.74) is 4.07. The second-order valence-corrected chi connectivity index (χ2v) is 10.8. The van der Waals surface area contributed by atoms with Gasteiger partial charge in [-0.15, -0.1) is 0 Å². The first-order chi connectivity index (χ1) is 18.3. The molecule has 228 valence electrons. The molecule has 41 heavy (non-hydrogen) atoms. The molecule has 0 aliphatic carbocycles. The molecule has 13 nitrogen and oxygen atoms in total. The predicted octanol–water partition coefficient (Wildman–Crippen LogP) is 6.23. The minimum absolute atomic E-state index is 0. The van der Waals surface area contributed by atoms with Gasteiger partial charge in [-0.25, -0.2) is 24.4 Å². The number of hydrogen-bond donors (Lipinski definition) is 2. The molecule has 0 saturated carbocycles. The standard InChI is InChI=1S/C11H14N2O3.C10H18O5.C6H6N2O.CH4/c1-11(2,3)16-10(15)13-9-8(7-14)5-4-6-12-9;1-9(2,3)14-7(11)13-8(12)15-10(4,5)6;7-6-5(4-9)2-1-3-8-6;/h4-7H,1-3H3,(H,12,13,15);1-6H3;1-4H,(H2,7,8);1H4. The van der Waals surface area contributed by atoms with Crippen molar-refractivity contribution in [3.8, 4) is 0 Å². The van der Waals surface area contributed by atoms with E-state index in [1.165, 1.54) is 6.20 Å². The number of nitrogens with one attached hydrogen (secondary N) is 1. The minimum atomic E-state index is -1.06. The third-order valence-corrected chi connectivity index (χ3v) is 3.53. The van der Waals surface area contributed by atoms with Crippen molar-refractivity contribution in [1.29, 1.82) is 0 Å². The number of anilines is 2. The number of nitrogen functional groups attached to an aromatic ring is 1. The predicted molar refractivity (Wildman–Crippen MR) is 154 cm³/mol. The Hall–Kier alpha value is -4.55. The summed E-state index contributed by atoms with van der Waals surface area (Å²) < 4.78 is 18.8. The van der Waals surface area contributed by atoms with Crippen molar-refractivity contribution in [3.05, 3.63) is 47.8 Å². The zero-order valence-corrected chi connectivity index (χ0v) is 24.3. The van der Waals surface area contributed by atoms with Crippen LogP contribution < -0.4 is 11.1 Å². The highest BCUT2D eigenvalue weighted by molar-refractivity contribution is 5.91. The van der Waals surface area contributed by atoms with Gasteiger partial charge < -0.3 is 24.7 Å². The van der Waals surface area contributed by atoms with E-state index in [2.05, 4.69) is 20.0 Å². The Balaban J connectivity index is 0. The van der Waals surface area contributed by atoms with E-state index in [1.807, 2.05) is 0 Å². The molecule has 2 heterocycles. The number of pyridine rings is 2. The average molecular weight is 579 g/mol. The minimum Gasteiger partial charge on any atom is -0.444 e. The summed E-state index contributed by atoms with van der Waals surface area (Å²) in [4.78, 5) is 61.8. The van der Waals surface area contributed by atoms with Gasteiger partial charge in [-0.3, -0.25) is 14.9 Å². The summed E-state index contributed by atoms with van der Waals surface area (Å²) in [5.74, 6) is 0.485. The van der Waals surface area contributed by atoms with Crippen molar-refractivity contribution in [2.75, 3.05) is 11.1 Å². The molecule has 2 aromatic rings. The summed E-state index contributed by atoms with van der Waals surface area (Å²) >= 11 is 0. The van der Waals surface area contributed by atoms with Gasteiger partial charge in [0, 0.05) is 12.4 Å². The lowest BCUT2D eigenvalue weighted by atomic mass is 10.2. The number of amides is 1. The smallest absolute Gasteiger partial charge is 0.444 e. The summed E-state index contributed by atoms with van der Waals surface area (Å²) in [6.45, 7) is 15.3. The van der Waals surface area contributed by atoms with E-state index in [9.17, 15) is 24.0 Å². The van der Waals surface area contributed by atoms with Gasteiger partial charge in [-0.2, -0.15) is 0 Å². The number of rotatable bonds is 3. The first-order valence-electron chi connectivity index (χ1n) is 12.0. The highest BCUT2D eigenvalue weighted by Crippen LogP contribution is 2.13. The molecule has 1 amide bonds. The number of carbonyl (C=O) groups is 5. The highest BCUT2D eigenvalue weighted by Gasteiger charge is 2.24. The molecule has 0 aromatic carbocycles. The van der Waals surface area contributed by atoms with E-state index < -0.39 is 35.2 Å². The summed E-state index contributed by atoms with van der Waals surface area (Å²) in [5, 5.41) is 2.41. The Morgan fingerprint density at radius 1 is 0.732 bits per heavy atom. The van der Waals surface area contributed by atoms with Gasteiger partial charge in [0.05, 0.1) is 11.1 Å².